The summed E-state index contributed by atoms with van der Waals surface area (Å²) in [5.41, 5.74) is 3.85. The van der Waals surface area contributed by atoms with Crippen LogP contribution in [0.5, 0.6) is 0 Å². The monoisotopic (exact) mass is 673 g/mol. The van der Waals surface area contributed by atoms with Crippen molar-refractivity contribution in [1.29, 1.82) is 0 Å². The number of benzene rings is 3. The van der Waals surface area contributed by atoms with E-state index < -0.39 is 0 Å². The van der Waals surface area contributed by atoms with Gasteiger partial charge in [-0.05, 0) is 79.9 Å². The molecule has 10 heteroatoms. The van der Waals surface area contributed by atoms with Gasteiger partial charge in [0.15, 0.2) is 0 Å². The maximum atomic E-state index is 13.2. The van der Waals surface area contributed by atoms with Gasteiger partial charge in [-0.15, -0.1) is 0 Å². The molecule has 3 heterocycles. The third-order valence-corrected chi connectivity index (χ3v) is 9.67. The highest BCUT2D eigenvalue weighted by Gasteiger charge is 2.24. The molecule has 47 heavy (non-hydrogen) atoms. The summed E-state index contributed by atoms with van der Waals surface area (Å²) in [6.07, 6.45) is 4.59. The van der Waals surface area contributed by atoms with Crippen molar-refractivity contribution in [2.24, 2.45) is 0 Å². The minimum atomic E-state index is 0.0117. The van der Waals surface area contributed by atoms with Crippen molar-refractivity contribution >= 4 is 46.1 Å². The number of amides is 1. The van der Waals surface area contributed by atoms with Gasteiger partial charge in [0.1, 0.15) is 12.4 Å². The minimum Gasteiger partial charge on any atom is -0.467 e. The third-order valence-electron chi connectivity index (χ3n) is 8.93. The lowest BCUT2D eigenvalue weighted by Gasteiger charge is -2.34. The Hall–Kier alpha value is -3.82. The summed E-state index contributed by atoms with van der Waals surface area (Å²) < 4.78 is 13.5. The molecule has 1 atom stereocenters. The zero-order valence-corrected chi connectivity index (χ0v) is 28.2. The smallest absolute Gasteiger partial charge is 0.253 e. The lowest BCUT2D eigenvalue weighted by molar-refractivity contribution is 0.0782. The quantitative estimate of drug-likeness (QED) is 0.121. The molecule has 3 aromatic carbocycles. The van der Waals surface area contributed by atoms with Crippen molar-refractivity contribution in [2.75, 3.05) is 45.2 Å². The normalized spacial score (nSPS) is 14.8. The highest BCUT2D eigenvalue weighted by atomic mass is 35.5. The first kappa shape index (κ1) is 33.1. The molecule has 1 saturated heterocycles. The topological polar surface area (TPSA) is 75.8 Å². The van der Waals surface area contributed by atoms with E-state index in [1.165, 1.54) is 0 Å². The summed E-state index contributed by atoms with van der Waals surface area (Å²) in [7, 11) is 1.87. The fourth-order valence-corrected chi connectivity index (χ4v) is 6.61. The van der Waals surface area contributed by atoms with Crippen LogP contribution in [0.1, 0.15) is 46.9 Å². The van der Waals surface area contributed by atoms with Gasteiger partial charge in [-0.25, -0.2) is 4.98 Å². The Labute approximate surface area is 286 Å². The highest BCUT2D eigenvalue weighted by Crippen LogP contribution is 2.30. The molecule has 0 aliphatic carbocycles. The van der Waals surface area contributed by atoms with Crippen molar-refractivity contribution < 1.29 is 13.9 Å². The maximum Gasteiger partial charge on any atom is 0.253 e. The standard InChI is InChI=1S/C37H41Cl2N5O3/c1-42(36(45)27-8-3-2-4-9-27)25-29(28-13-14-32(38)33(39)24-28)15-18-43-19-16-30(17-20-43)40-37-41-34-11-5-6-12-35(34)44(37)21-23-46-26-31-10-7-22-47-31/h2-14,22,24,29-30H,15-21,23,25-26H2,1H3,(H,40,41). The number of anilines is 1. The molecule has 1 amide bonds. The average molecular weight is 675 g/mol. The summed E-state index contributed by atoms with van der Waals surface area (Å²) in [6, 6.07) is 27.6. The Kier molecular flexibility index (Phi) is 11.2. The number of aromatic nitrogens is 2. The number of ether oxygens (including phenoxy) is 1. The number of nitrogens with zero attached hydrogens (tertiary/aromatic N) is 4. The number of halogens is 2. The van der Waals surface area contributed by atoms with Crippen LogP contribution in [0.25, 0.3) is 11.0 Å². The Bertz CT molecular complexity index is 1740. The summed E-state index contributed by atoms with van der Waals surface area (Å²) in [6.45, 7) is 5.18. The van der Waals surface area contributed by atoms with Crippen molar-refractivity contribution in [2.45, 2.75) is 44.4 Å². The molecule has 0 bridgehead atoms. The number of carbonyl (C=O) groups is 1. The van der Waals surface area contributed by atoms with Gasteiger partial charge in [-0.3, -0.25) is 4.79 Å². The number of hydrogen-bond acceptors (Lipinski definition) is 6. The van der Waals surface area contributed by atoms with Crippen LogP contribution in [-0.4, -0.2) is 71.1 Å². The molecule has 0 saturated carbocycles. The second-order valence-electron chi connectivity index (χ2n) is 12.2. The second kappa shape index (κ2) is 15.8. The van der Waals surface area contributed by atoms with Gasteiger partial charge < -0.3 is 28.8 Å². The number of nitrogens with one attached hydrogen (secondary N) is 1. The molecule has 1 aliphatic rings. The van der Waals surface area contributed by atoms with Gasteiger partial charge in [0.2, 0.25) is 5.95 Å². The lowest BCUT2D eigenvalue weighted by atomic mass is 9.94. The number of likely N-dealkylation sites (tertiary alicyclic amines) is 1. The van der Waals surface area contributed by atoms with E-state index in [4.69, 9.17) is 37.3 Å². The van der Waals surface area contributed by atoms with E-state index in [1.54, 1.807) is 6.26 Å². The molecule has 0 radical (unpaired) electrons. The van der Waals surface area contributed by atoms with Gasteiger partial charge >= 0.3 is 0 Å². The summed E-state index contributed by atoms with van der Waals surface area (Å²) in [5, 5.41) is 4.82. The lowest BCUT2D eigenvalue weighted by Crippen LogP contribution is -2.40. The van der Waals surface area contributed by atoms with E-state index in [9.17, 15) is 4.79 Å². The van der Waals surface area contributed by atoms with Crippen molar-refractivity contribution in [3.8, 4) is 0 Å². The predicted molar refractivity (Wildman–Crippen MR) is 188 cm³/mol. The van der Waals surface area contributed by atoms with Crippen LogP contribution in [0.3, 0.4) is 0 Å². The third kappa shape index (κ3) is 8.56. The Balaban J connectivity index is 1.05. The SMILES string of the molecule is CN(CC(CCN1CCC(Nc2nc3ccccc3n2CCOCc2ccco2)CC1)c1ccc(Cl)c(Cl)c1)C(=O)c1ccccc1. The average Bonchev–Trinajstić information content (AvgIpc) is 3.74. The molecule has 1 N–H and O–H groups in total. The molecule has 1 aliphatic heterocycles. The first-order chi connectivity index (χ1) is 22.9. The molecule has 8 nitrogen and oxygen atoms in total. The molecule has 1 fully saturated rings. The number of hydrogen-bond donors (Lipinski definition) is 1. The number of likely N-dealkylation sites (N-methyl/N-ethyl adjacent to an activating group) is 1. The van der Waals surface area contributed by atoms with Crippen LogP contribution in [-0.2, 0) is 17.9 Å². The molecule has 2 aromatic heterocycles. The molecule has 5 aromatic rings. The van der Waals surface area contributed by atoms with E-state index in [1.807, 2.05) is 84.7 Å². The predicted octanol–water partition coefficient (Wildman–Crippen LogP) is 7.98. The van der Waals surface area contributed by atoms with Gasteiger partial charge in [-0.2, -0.15) is 0 Å². The Morgan fingerprint density at radius 3 is 2.55 bits per heavy atom. The number of para-hydroxylation sites is 2. The maximum absolute atomic E-state index is 13.2. The van der Waals surface area contributed by atoms with Crippen LogP contribution in [0.4, 0.5) is 5.95 Å². The minimum absolute atomic E-state index is 0.0117. The number of fused-ring (bicyclic) bond motifs is 1. The van der Waals surface area contributed by atoms with Gasteiger partial charge in [0.05, 0.1) is 33.9 Å². The van der Waals surface area contributed by atoms with Crippen molar-refractivity contribution in [3.63, 3.8) is 0 Å². The van der Waals surface area contributed by atoms with Gasteiger partial charge in [-0.1, -0.05) is 59.6 Å². The number of piperidine rings is 1. The molecule has 246 valence electrons. The number of furan rings is 1. The van der Waals surface area contributed by atoms with Gasteiger partial charge in [0.25, 0.3) is 5.91 Å². The zero-order valence-electron chi connectivity index (χ0n) is 26.7. The second-order valence-corrected chi connectivity index (χ2v) is 13.0. The largest absolute Gasteiger partial charge is 0.467 e. The summed E-state index contributed by atoms with van der Waals surface area (Å²) in [5.74, 6) is 1.84. The van der Waals surface area contributed by atoms with Gasteiger partial charge in [0, 0.05) is 50.7 Å². The molecular formula is C37H41Cl2N5O3. The molecule has 0 spiro atoms. The molecular weight excluding hydrogens is 633 g/mol. The number of carbonyl (C=O) groups excluding carboxylic acids is 1. The molecule has 1 unspecified atom stereocenters. The zero-order chi connectivity index (χ0) is 32.6. The Morgan fingerprint density at radius 1 is 1.00 bits per heavy atom. The fourth-order valence-electron chi connectivity index (χ4n) is 6.30. The fraction of sp³-hybridized carbons (Fsp3) is 0.351. The summed E-state index contributed by atoms with van der Waals surface area (Å²) in [4.78, 5) is 22.4. The Morgan fingerprint density at radius 2 is 1.79 bits per heavy atom. The van der Waals surface area contributed by atoms with Crippen LogP contribution in [0.2, 0.25) is 10.0 Å². The van der Waals surface area contributed by atoms with E-state index in [0.717, 1.165) is 67.2 Å². The van der Waals surface area contributed by atoms with Crippen molar-refractivity contribution in [3.05, 3.63) is 118 Å². The van der Waals surface area contributed by atoms with Crippen LogP contribution < -0.4 is 5.32 Å². The number of imidazole rings is 1. The first-order valence-electron chi connectivity index (χ1n) is 16.2. The highest BCUT2D eigenvalue weighted by molar-refractivity contribution is 6.42. The summed E-state index contributed by atoms with van der Waals surface area (Å²) >= 11 is 12.7. The van der Waals surface area contributed by atoms with Crippen LogP contribution >= 0.6 is 23.2 Å². The van der Waals surface area contributed by atoms with E-state index in [-0.39, 0.29) is 11.8 Å². The van der Waals surface area contributed by atoms with E-state index in [2.05, 4.69) is 26.9 Å². The van der Waals surface area contributed by atoms with E-state index >= 15 is 0 Å². The van der Waals surface area contributed by atoms with Crippen molar-refractivity contribution in [1.82, 2.24) is 19.4 Å². The number of rotatable bonds is 14. The van der Waals surface area contributed by atoms with E-state index in [0.29, 0.717) is 48.0 Å². The first-order valence-corrected chi connectivity index (χ1v) is 17.0. The molecule has 6 rings (SSSR count). The van der Waals surface area contributed by atoms with Crippen LogP contribution in [0.15, 0.2) is 95.6 Å². The van der Waals surface area contributed by atoms with Crippen LogP contribution in [0, 0.1) is 0 Å².